The van der Waals surface area contributed by atoms with Crippen molar-refractivity contribution in [3.05, 3.63) is 54.5 Å². The van der Waals surface area contributed by atoms with E-state index in [2.05, 4.69) is 9.71 Å². The number of aromatic nitrogens is 2. The van der Waals surface area contributed by atoms with Crippen molar-refractivity contribution in [3.8, 4) is 0 Å². The number of hydrogen-bond acceptors (Lipinski definition) is 4. The van der Waals surface area contributed by atoms with E-state index in [9.17, 15) is 13.2 Å². The van der Waals surface area contributed by atoms with E-state index >= 15 is 0 Å². The highest BCUT2D eigenvalue weighted by molar-refractivity contribution is 7.92. The fourth-order valence-electron chi connectivity index (χ4n) is 2.81. The molecule has 0 bridgehead atoms. The molecule has 1 amide bonds. The van der Waals surface area contributed by atoms with E-state index in [1.807, 2.05) is 0 Å². The van der Waals surface area contributed by atoms with Crippen LogP contribution in [0, 0.1) is 0 Å². The van der Waals surface area contributed by atoms with Gasteiger partial charge >= 0.3 is 0 Å². The van der Waals surface area contributed by atoms with Crippen LogP contribution in [-0.2, 0) is 21.2 Å². The van der Waals surface area contributed by atoms with Gasteiger partial charge in [0.15, 0.2) is 0 Å². The number of carbonyl (C=O) groups is 1. The monoisotopic (exact) mass is 342 g/mol. The molecule has 0 spiro atoms. The van der Waals surface area contributed by atoms with Crippen LogP contribution in [0.15, 0.2) is 53.8 Å². The van der Waals surface area contributed by atoms with Gasteiger partial charge in [0.1, 0.15) is 5.65 Å². The van der Waals surface area contributed by atoms with Crippen molar-refractivity contribution in [2.45, 2.75) is 11.3 Å². The predicted molar refractivity (Wildman–Crippen MR) is 89.6 cm³/mol. The van der Waals surface area contributed by atoms with Gasteiger partial charge in [0.2, 0.25) is 5.91 Å². The van der Waals surface area contributed by atoms with Crippen molar-refractivity contribution in [2.24, 2.45) is 0 Å². The topological polar surface area (TPSA) is 83.8 Å². The third-order valence-electron chi connectivity index (χ3n) is 4.08. The Morgan fingerprint density at radius 3 is 2.88 bits per heavy atom. The van der Waals surface area contributed by atoms with Crippen LogP contribution in [0.1, 0.15) is 5.56 Å². The Hall–Kier alpha value is -2.87. The molecule has 0 saturated heterocycles. The number of nitrogens with one attached hydrogen (secondary N) is 1. The number of nitrogens with zero attached hydrogens (tertiary/aromatic N) is 3. The number of rotatable bonds is 3. The number of pyridine rings is 1. The van der Waals surface area contributed by atoms with Crippen LogP contribution in [0.4, 0.5) is 11.4 Å². The maximum absolute atomic E-state index is 12.6. The molecule has 122 valence electrons. The molecule has 0 atom stereocenters. The van der Waals surface area contributed by atoms with Crippen molar-refractivity contribution in [2.75, 3.05) is 16.7 Å². The first kappa shape index (κ1) is 14.7. The molecular weight excluding hydrogens is 328 g/mol. The van der Waals surface area contributed by atoms with Crippen LogP contribution in [0.2, 0.25) is 0 Å². The molecule has 1 aromatic carbocycles. The molecule has 24 heavy (non-hydrogen) atoms. The zero-order chi connectivity index (χ0) is 16.9. The van der Waals surface area contributed by atoms with Gasteiger partial charge in [-0.25, -0.2) is 13.4 Å². The van der Waals surface area contributed by atoms with Crippen molar-refractivity contribution >= 4 is 33.0 Å². The Labute approximate surface area is 138 Å². The Kier molecular flexibility index (Phi) is 3.10. The molecule has 1 N–H and O–H groups in total. The number of amides is 1. The smallest absolute Gasteiger partial charge is 0.261 e. The van der Waals surface area contributed by atoms with Gasteiger partial charge in [0.05, 0.1) is 17.0 Å². The highest BCUT2D eigenvalue weighted by atomic mass is 32.2. The van der Waals surface area contributed by atoms with Crippen LogP contribution in [0.25, 0.3) is 5.65 Å². The molecule has 1 aliphatic rings. The first-order chi connectivity index (χ1) is 11.4. The molecule has 7 nitrogen and oxygen atoms in total. The lowest BCUT2D eigenvalue weighted by atomic mass is 10.2. The van der Waals surface area contributed by atoms with Crippen LogP contribution in [0.3, 0.4) is 0 Å². The Bertz CT molecular complexity index is 1070. The van der Waals surface area contributed by atoms with E-state index in [4.69, 9.17) is 0 Å². The summed E-state index contributed by atoms with van der Waals surface area (Å²) in [4.78, 5) is 17.5. The number of carbonyl (C=O) groups excluding carboxylic acids is 1. The van der Waals surface area contributed by atoms with E-state index in [0.717, 1.165) is 16.9 Å². The second kappa shape index (κ2) is 5.07. The van der Waals surface area contributed by atoms with Crippen LogP contribution >= 0.6 is 0 Å². The molecule has 8 heteroatoms. The Morgan fingerprint density at radius 1 is 1.21 bits per heavy atom. The van der Waals surface area contributed by atoms with Crippen LogP contribution in [-0.4, -0.2) is 30.8 Å². The maximum Gasteiger partial charge on any atom is 0.261 e. The Balaban J connectivity index is 1.68. The second-order valence-electron chi connectivity index (χ2n) is 5.64. The van der Waals surface area contributed by atoms with Crippen LogP contribution < -0.4 is 9.62 Å². The van der Waals surface area contributed by atoms with Crippen molar-refractivity contribution in [1.29, 1.82) is 0 Å². The first-order valence-corrected chi connectivity index (χ1v) is 8.77. The minimum atomic E-state index is -3.74. The van der Waals surface area contributed by atoms with Crippen molar-refractivity contribution in [1.82, 2.24) is 9.38 Å². The molecule has 3 heterocycles. The Morgan fingerprint density at radius 2 is 2.04 bits per heavy atom. The zero-order valence-electron chi connectivity index (χ0n) is 12.8. The highest BCUT2D eigenvalue weighted by Gasteiger charge is 2.26. The molecule has 3 aromatic rings. The predicted octanol–water partition coefficient (Wildman–Crippen LogP) is 1.65. The van der Waals surface area contributed by atoms with Gasteiger partial charge in [-0.1, -0.05) is 0 Å². The van der Waals surface area contributed by atoms with Crippen molar-refractivity contribution < 1.29 is 13.2 Å². The number of sulfonamides is 1. The molecule has 0 aliphatic carbocycles. The largest absolute Gasteiger partial charge is 0.315 e. The lowest BCUT2D eigenvalue weighted by Crippen LogP contribution is -2.20. The summed E-state index contributed by atoms with van der Waals surface area (Å²) in [6.07, 6.45) is 5.26. The average molecular weight is 342 g/mol. The second-order valence-corrected chi connectivity index (χ2v) is 7.32. The number of imidazole rings is 1. The standard InChI is InChI=1S/C16H14N4O3S/c1-19-14-4-3-13(8-11(14)9-16(19)21)24(22,23)18-12-2-5-15-17-6-7-20(15)10-12/h2-8,10,18H,9H2,1H3. The van der Waals surface area contributed by atoms with Gasteiger partial charge < -0.3 is 9.30 Å². The van der Waals surface area contributed by atoms with Gasteiger partial charge in [-0.3, -0.25) is 9.52 Å². The fraction of sp³-hybridized carbons (Fsp3) is 0.125. The quantitative estimate of drug-likeness (QED) is 0.784. The minimum Gasteiger partial charge on any atom is -0.315 e. The molecule has 4 rings (SSSR count). The molecule has 0 saturated carbocycles. The number of fused-ring (bicyclic) bond motifs is 2. The summed E-state index contributed by atoms with van der Waals surface area (Å²) in [7, 11) is -2.05. The molecule has 0 fully saturated rings. The SMILES string of the molecule is CN1C(=O)Cc2cc(S(=O)(=O)Nc3ccc4nccn4c3)ccc21. The number of anilines is 2. The molecular formula is C16H14N4O3S. The summed E-state index contributed by atoms with van der Waals surface area (Å²) < 4.78 is 29.5. The minimum absolute atomic E-state index is 0.0435. The van der Waals surface area contributed by atoms with E-state index < -0.39 is 10.0 Å². The number of hydrogen-bond donors (Lipinski definition) is 1. The van der Waals surface area contributed by atoms with E-state index in [0.29, 0.717) is 5.69 Å². The van der Waals surface area contributed by atoms with E-state index in [1.54, 1.807) is 54.3 Å². The zero-order valence-corrected chi connectivity index (χ0v) is 13.6. The molecule has 1 aliphatic heterocycles. The number of benzene rings is 1. The summed E-state index contributed by atoms with van der Waals surface area (Å²) >= 11 is 0. The summed E-state index contributed by atoms with van der Waals surface area (Å²) in [5, 5.41) is 0. The lowest BCUT2D eigenvalue weighted by molar-refractivity contribution is -0.117. The fourth-order valence-corrected chi connectivity index (χ4v) is 3.90. The van der Waals surface area contributed by atoms with E-state index in [-0.39, 0.29) is 17.2 Å². The third-order valence-corrected chi connectivity index (χ3v) is 5.46. The third kappa shape index (κ3) is 2.31. The summed E-state index contributed by atoms with van der Waals surface area (Å²) in [6, 6.07) is 8.10. The first-order valence-electron chi connectivity index (χ1n) is 7.29. The van der Waals surface area contributed by atoms with Gasteiger partial charge in [-0.05, 0) is 35.9 Å². The summed E-state index contributed by atoms with van der Waals surface area (Å²) in [6.45, 7) is 0. The average Bonchev–Trinajstić information content (AvgIpc) is 3.11. The van der Waals surface area contributed by atoms with Gasteiger partial charge in [0.25, 0.3) is 10.0 Å². The summed E-state index contributed by atoms with van der Waals surface area (Å²) in [5.41, 5.74) is 2.64. The number of likely N-dealkylation sites (N-methyl/N-ethyl adjacent to an activating group) is 1. The van der Waals surface area contributed by atoms with Crippen LogP contribution in [0.5, 0.6) is 0 Å². The summed E-state index contributed by atoms with van der Waals surface area (Å²) in [5.74, 6) is -0.0435. The molecule has 2 aromatic heterocycles. The maximum atomic E-state index is 12.6. The normalized spacial score (nSPS) is 14.2. The van der Waals surface area contributed by atoms with Gasteiger partial charge in [0, 0.05) is 31.3 Å². The molecule has 0 unspecified atom stereocenters. The van der Waals surface area contributed by atoms with Gasteiger partial charge in [-0.2, -0.15) is 0 Å². The molecule has 0 radical (unpaired) electrons. The van der Waals surface area contributed by atoms with Crippen molar-refractivity contribution in [3.63, 3.8) is 0 Å². The van der Waals surface area contributed by atoms with Gasteiger partial charge in [-0.15, -0.1) is 0 Å². The highest BCUT2D eigenvalue weighted by Crippen LogP contribution is 2.30. The van der Waals surface area contributed by atoms with E-state index in [1.165, 1.54) is 11.0 Å². The lowest BCUT2D eigenvalue weighted by Gasteiger charge is -2.12.